The van der Waals surface area contributed by atoms with Gasteiger partial charge in [-0.25, -0.2) is 4.98 Å². The van der Waals surface area contributed by atoms with Gasteiger partial charge in [0.2, 0.25) is 0 Å². The van der Waals surface area contributed by atoms with E-state index in [0.29, 0.717) is 5.92 Å². The first kappa shape index (κ1) is 18.1. The molecule has 0 fully saturated rings. The van der Waals surface area contributed by atoms with Crippen molar-refractivity contribution in [3.63, 3.8) is 0 Å². The SMILES string of the molecule is Cc1n[nH]nc1-c1ccnc(-c2cn(C[C@@H]3CCCc4ccc(Cl)cc43)cn2)c1. The molecule has 0 saturated heterocycles. The number of H-pyrrole nitrogens is 1. The summed E-state index contributed by atoms with van der Waals surface area (Å²) < 4.78 is 2.16. The normalized spacial score (nSPS) is 16.0. The summed E-state index contributed by atoms with van der Waals surface area (Å²) >= 11 is 6.26. The Labute approximate surface area is 174 Å². The minimum atomic E-state index is 0.455. The first-order valence-corrected chi connectivity index (χ1v) is 10.2. The van der Waals surface area contributed by atoms with Gasteiger partial charge in [0.25, 0.3) is 0 Å². The van der Waals surface area contributed by atoms with E-state index in [2.05, 4.69) is 48.3 Å². The van der Waals surface area contributed by atoms with E-state index in [4.69, 9.17) is 11.6 Å². The topological polar surface area (TPSA) is 72.3 Å². The second-order valence-electron chi connectivity index (χ2n) is 7.58. The minimum Gasteiger partial charge on any atom is -0.336 e. The van der Waals surface area contributed by atoms with E-state index in [1.54, 1.807) is 6.20 Å². The van der Waals surface area contributed by atoms with Crippen molar-refractivity contribution in [3.8, 4) is 22.6 Å². The summed E-state index contributed by atoms with van der Waals surface area (Å²) in [6, 6.07) is 10.2. The van der Waals surface area contributed by atoms with Crippen molar-refractivity contribution in [2.24, 2.45) is 0 Å². The number of pyridine rings is 1. The number of nitrogens with zero attached hydrogens (tertiary/aromatic N) is 5. The number of hydrogen-bond acceptors (Lipinski definition) is 4. The van der Waals surface area contributed by atoms with Crippen molar-refractivity contribution in [2.75, 3.05) is 0 Å². The number of imidazole rings is 1. The Morgan fingerprint density at radius 2 is 2.07 bits per heavy atom. The van der Waals surface area contributed by atoms with E-state index in [1.165, 1.54) is 24.0 Å². The van der Waals surface area contributed by atoms with Crippen molar-refractivity contribution in [1.82, 2.24) is 29.9 Å². The predicted octanol–water partition coefficient (Wildman–Crippen LogP) is 4.81. The third-order valence-electron chi connectivity index (χ3n) is 5.63. The van der Waals surface area contributed by atoms with Gasteiger partial charge in [0.1, 0.15) is 11.4 Å². The van der Waals surface area contributed by atoms with Gasteiger partial charge in [0, 0.05) is 35.4 Å². The largest absolute Gasteiger partial charge is 0.336 e. The average molecular weight is 405 g/mol. The molecule has 1 N–H and O–H groups in total. The molecule has 0 bridgehead atoms. The first-order chi connectivity index (χ1) is 14.2. The van der Waals surface area contributed by atoms with E-state index in [1.807, 2.05) is 31.5 Å². The van der Waals surface area contributed by atoms with E-state index in [9.17, 15) is 0 Å². The Hall–Kier alpha value is -2.99. The number of aromatic nitrogens is 6. The molecule has 1 atom stereocenters. The molecule has 146 valence electrons. The Bertz CT molecular complexity index is 1160. The lowest BCUT2D eigenvalue weighted by molar-refractivity contribution is 0.483. The van der Waals surface area contributed by atoms with Crippen LogP contribution < -0.4 is 0 Å². The van der Waals surface area contributed by atoms with E-state index in [0.717, 1.165) is 46.3 Å². The molecule has 0 saturated carbocycles. The molecule has 0 unspecified atom stereocenters. The van der Waals surface area contributed by atoms with Crippen molar-refractivity contribution in [1.29, 1.82) is 0 Å². The average Bonchev–Trinajstić information content (AvgIpc) is 3.38. The molecular formula is C22H21ClN6. The zero-order valence-electron chi connectivity index (χ0n) is 16.1. The van der Waals surface area contributed by atoms with Crippen LogP contribution in [0.1, 0.15) is 35.6 Å². The summed E-state index contributed by atoms with van der Waals surface area (Å²) in [5.41, 5.74) is 7.16. The van der Waals surface area contributed by atoms with Crippen LogP contribution in [0.15, 0.2) is 49.1 Å². The summed E-state index contributed by atoms with van der Waals surface area (Å²) in [6.07, 6.45) is 9.26. The number of aryl methyl sites for hydroxylation is 2. The van der Waals surface area contributed by atoms with Gasteiger partial charge < -0.3 is 4.57 Å². The first-order valence-electron chi connectivity index (χ1n) is 9.81. The molecule has 7 heteroatoms. The molecule has 6 nitrogen and oxygen atoms in total. The molecule has 5 rings (SSSR count). The molecule has 0 aliphatic heterocycles. The monoisotopic (exact) mass is 404 g/mol. The standard InChI is InChI=1S/C22H21ClN6/c1-14-22(27-28-26-14)16-7-8-24-20(9-16)21-12-29(13-25-21)11-17-4-2-3-15-5-6-18(23)10-19(15)17/h5-10,12-13,17H,2-4,11H2,1H3,(H,26,27,28)/t17-/m0/s1. The van der Waals surface area contributed by atoms with E-state index < -0.39 is 0 Å². The highest BCUT2D eigenvalue weighted by molar-refractivity contribution is 6.30. The number of rotatable bonds is 4. The predicted molar refractivity (Wildman–Crippen MR) is 113 cm³/mol. The molecule has 3 aromatic heterocycles. The fraction of sp³-hybridized carbons (Fsp3) is 0.273. The van der Waals surface area contributed by atoms with Crippen LogP contribution in [-0.4, -0.2) is 29.9 Å². The molecule has 1 aromatic carbocycles. The molecule has 0 radical (unpaired) electrons. The van der Waals surface area contributed by atoms with Gasteiger partial charge >= 0.3 is 0 Å². The van der Waals surface area contributed by atoms with Crippen LogP contribution in [-0.2, 0) is 13.0 Å². The van der Waals surface area contributed by atoms with Crippen LogP contribution in [0.25, 0.3) is 22.6 Å². The Kier molecular flexibility index (Phi) is 4.64. The fourth-order valence-electron chi connectivity index (χ4n) is 4.18. The van der Waals surface area contributed by atoms with E-state index in [-0.39, 0.29) is 0 Å². The highest BCUT2D eigenvalue weighted by Gasteiger charge is 2.21. The summed E-state index contributed by atoms with van der Waals surface area (Å²) in [4.78, 5) is 9.11. The van der Waals surface area contributed by atoms with Gasteiger partial charge in [-0.15, -0.1) is 0 Å². The van der Waals surface area contributed by atoms with Crippen LogP contribution in [0.3, 0.4) is 0 Å². The maximum absolute atomic E-state index is 6.26. The number of nitrogens with one attached hydrogen (secondary N) is 1. The third-order valence-corrected chi connectivity index (χ3v) is 5.86. The number of hydrogen-bond donors (Lipinski definition) is 1. The van der Waals surface area contributed by atoms with Gasteiger partial charge in [0.15, 0.2) is 0 Å². The highest BCUT2D eigenvalue weighted by Crippen LogP contribution is 2.34. The molecule has 0 amide bonds. The zero-order valence-corrected chi connectivity index (χ0v) is 16.9. The smallest absolute Gasteiger partial charge is 0.115 e. The van der Waals surface area contributed by atoms with Crippen molar-refractivity contribution >= 4 is 11.6 Å². The molecule has 1 aliphatic carbocycles. The molecule has 4 aromatic rings. The lowest BCUT2D eigenvalue weighted by atomic mass is 9.83. The van der Waals surface area contributed by atoms with Crippen LogP contribution in [0.5, 0.6) is 0 Å². The Morgan fingerprint density at radius 1 is 1.14 bits per heavy atom. The maximum Gasteiger partial charge on any atom is 0.115 e. The number of benzene rings is 1. The molecule has 1 aliphatic rings. The van der Waals surface area contributed by atoms with Crippen LogP contribution >= 0.6 is 11.6 Å². The van der Waals surface area contributed by atoms with Crippen LogP contribution in [0, 0.1) is 6.92 Å². The molecule has 0 spiro atoms. The Balaban J connectivity index is 1.40. The fourth-order valence-corrected chi connectivity index (χ4v) is 4.36. The summed E-state index contributed by atoms with van der Waals surface area (Å²) in [5, 5.41) is 11.8. The molecule has 29 heavy (non-hydrogen) atoms. The summed E-state index contributed by atoms with van der Waals surface area (Å²) in [6.45, 7) is 2.82. The van der Waals surface area contributed by atoms with E-state index >= 15 is 0 Å². The van der Waals surface area contributed by atoms with Crippen LogP contribution in [0.2, 0.25) is 5.02 Å². The molecular weight excluding hydrogens is 384 g/mol. The lowest BCUT2D eigenvalue weighted by Gasteiger charge is -2.26. The second kappa shape index (κ2) is 7.44. The van der Waals surface area contributed by atoms with Crippen molar-refractivity contribution < 1.29 is 0 Å². The van der Waals surface area contributed by atoms with Gasteiger partial charge in [-0.3, -0.25) is 4.98 Å². The quantitative estimate of drug-likeness (QED) is 0.529. The van der Waals surface area contributed by atoms with Gasteiger partial charge in [-0.05, 0) is 61.6 Å². The summed E-state index contributed by atoms with van der Waals surface area (Å²) in [7, 11) is 0. The third kappa shape index (κ3) is 3.56. The maximum atomic E-state index is 6.26. The number of aromatic amines is 1. The highest BCUT2D eigenvalue weighted by atomic mass is 35.5. The minimum absolute atomic E-state index is 0.455. The summed E-state index contributed by atoms with van der Waals surface area (Å²) in [5.74, 6) is 0.455. The van der Waals surface area contributed by atoms with Crippen molar-refractivity contribution in [2.45, 2.75) is 38.6 Å². The van der Waals surface area contributed by atoms with Crippen LogP contribution in [0.4, 0.5) is 0 Å². The van der Waals surface area contributed by atoms with Gasteiger partial charge in [-0.2, -0.15) is 15.4 Å². The molecule has 3 heterocycles. The van der Waals surface area contributed by atoms with Gasteiger partial charge in [-0.1, -0.05) is 17.7 Å². The number of halogens is 1. The zero-order chi connectivity index (χ0) is 19.8. The number of fused-ring (bicyclic) bond motifs is 1. The van der Waals surface area contributed by atoms with Gasteiger partial charge in [0.05, 0.1) is 17.7 Å². The Morgan fingerprint density at radius 3 is 2.93 bits per heavy atom. The second-order valence-corrected chi connectivity index (χ2v) is 8.01. The van der Waals surface area contributed by atoms with Crippen molar-refractivity contribution in [3.05, 3.63) is 70.9 Å². The lowest BCUT2D eigenvalue weighted by Crippen LogP contribution is -2.14.